The fourth-order valence-corrected chi connectivity index (χ4v) is 3.57. The van der Waals surface area contributed by atoms with Gasteiger partial charge in [0.15, 0.2) is 0 Å². The molecule has 0 spiro atoms. The molecule has 4 aromatic rings. The van der Waals surface area contributed by atoms with Gasteiger partial charge in [-0.05, 0) is 29.7 Å². The number of aromatic nitrogens is 1. The Morgan fingerprint density at radius 3 is 2.21 bits per heavy atom. The Morgan fingerprint density at radius 1 is 0.879 bits per heavy atom. The van der Waals surface area contributed by atoms with Crippen molar-refractivity contribution in [3.63, 3.8) is 0 Å². The minimum Gasteiger partial charge on any atom is -0.363 e. The Labute approximate surface area is 191 Å². The lowest BCUT2D eigenvalue weighted by molar-refractivity contribution is -0.137. The summed E-state index contributed by atoms with van der Waals surface area (Å²) >= 11 is 0. The van der Waals surface area contributed by atoms with Crippen LogP contribution in [0.3, 0.4) is 0 Å². The summed E-state index contributed by atoms with van der Waals surface area (Å²) in [6.07, 6.45) is 1.78. The van der Waals surface area contributed by atoms with E-state index in [4.69, 9.17) is 5.73 Å². The van der Waals surface area contributed by atoms with E-state index in [0.29, 0.717) is 10.9 Å². The average Bonchev–Trinajstić information content (AvgIpc) is 3.22. The maximum atomic E-state index is 13.2. The second-order valence-electron chi connectivity index (χ2n) is 7.48. The van der Waals surface area contributed by atoms with Crippen LogP contribution in [0.1, 0.15) is 21.5 Å². The number of rotatable bonds is 6. The topological polar surface area (TPSA) is 94.2 Å². The first-order valence-corrected chi connectivity index (χ1v) is 10.4. The highest BCUT2D eigenvalue weighted by Crippen LogP contribution is 2.21. The molecule has 0 aliphatic carbocycles. The Bertz CT molecular complexity index is 1380. The van der Waals surface area contributed by atoms with Crippen LogP contribution < -0.4 is 11.1 Å². The van der Waals surface area contributed by atoms with Gasteiger partial charge in [-0.1, -0.05) is 66.7 Å². The van der Waals surface area contributed by atoms with E-state index in [0.717, 1.165) is 16.6 Å². The van der Waals surface area contributed by atoms with Crippen LogP contribution in [0.4, 0.5) is 0 Å². The molecule has 3 N–H and O–H groups in total. The van der Waals surface area contributed by atoms with Crippen molar-refractivity contribution in [2.24, 2.45) is 5.73 Å². The first kappa shape index (κ1) is 21.6. The monoisotopic (exact) mass is 435 g/mol. The normalized spacial score (nSPS) is 11.3. The molecule has 0 radical (unpaired) electrons. The fraction of sp³-hybridized carbons (Fsp3) is 0.0741. The average molecular weight is 435 g/mol. The van der Waals surface area contributed by atoms with Crippen molar-refractivity contribution >= 4 is 28.5 Å². The van der Waals surface area contributed by atoms with Gasteiger partial charge in [-0.3, -0.25) is 19.0 Å². The summed E-state index contributed by atoms with van der Waals surface area (Å²) < 4.78 is 1.68. The van der Waals surface area contributed by atoms with Crippen LogP contribution in [0.2, 0.25) is 0 Å². The smallest absolute Gasteiger partial charge is 0.287 e. The number of para-hydroxylation sites is 1. The number of carbonyl (C=O) groups is 3. The van der Waals surface area contributed by atoms with E-state index in [1.807, 2.05) is 84.9 Å². The molecule has 0 aliphatic rings. The molecule has 1 aromatic heterocycles. The zero-order chi connectivity index (χ0) is 23.2. The molecular weight excluding hydrogens is 414 g/mol. The number of fused-ring (bicyclic) bond motifs is 1. The lowest BCUT2D eigenvalue weighted by atomic mass is 10.0. The standard InChI is InChI=1S/C27H21N3O3/c28-26(32)25(31)23(17-20-11-5-2-6-12-20)29-27(33)22-18-30(24-14-8-7-13-21(22)24)16-15-19-9-3-1-4-10-19/h1-14,18,23H,17H2,(H2,28,32)(H,29,33). The molecular formula is C27H21N3O3. The number of benzene rings is 3. The highest BCUT2D eigenvalue weighted by atomic mass is 16.2. The van der Waals surface area contributed by atoms with Gasteiger partial charge in [0.1, 0.15) is 6.04 Å². The third-order valence-electron chi connectivity index (χ3n) is 5.20. The first-order valence-electron chi connectivity index (χ1n) is 10.4. The molecule has 1 atom stereocenters. The van der Waals surface area contributed by atoms with Crippen molar-refractivity contribution in [1.29, 1.82) is 0 Å². The number of hydrogen-bond donors (Lipinski definition) is 2. The van der Waals surface area contributed by atoms with E-state index in [2.05, 4.69) is 17.3 Å². The Kier molecular flexibility index (Phi) is 6.33. The maximum Gasteiger partial charge on any atom is 0.287 e. The number of ketones is 1. The maximum absolute atomic E-state index is 13.2. The van der Waals surface area contributed by atoms with E-state index < -0.39 is 23.6 Å². The Balaban J connectivity index is 1.66. The van der Waals surface area contributed by atoms with Crippen molar-refractivity contribution in [2.45, 2.75) is 12.5 Å². The van der Waals surface area contributed by atoms with E-state index in [1.54, 1.807) is 10.8 Å². The zero-order valence-corrected chi connectivity index (χ0v) is 17.7. The number of hydrogen-bond acceptors (Lipinski definition) is 3. The van der Waals surface area contributed by atoms with Crippen LogP contribution in [-0.4, -0.2) is 28.2 Å². The summed E-state index contributed by atoms with van der Waals surface area (Å²) in [5.41, 5.74) is 7.98. The molecule has 0 saturated carbocycles. The molecule has 3 aromatic carbocycles. The van der Waals surface area contributed by atoms with Gasteiger partial charge in [0, 0.05) is 29.6 Å². The van der Waals surface area contributed by atoms with Crippen LogP contribution in [0.15, 0.2) is 91.1 Å². The zero-order valence-electron chi connectivity index (χ0n) is 17.7. The molecule has 6 nitrogen and oxygen atoms in total. The van der Waals surface area contributed by atoms with Gasteiger partial charge in [-0.2, -0.15) is 0 Å². The number of nitrogens with one attached hydrogen (secondary N) is 1. The van der Waals surface area contributed by atoms with E-state index >= 15 is 0 Å². The SMILES string of the molecule is NC(=O)C(=O)C(Cc1ccccc1)NC(=O)c1cn(C#Cc2ccccc2)c2ccccc12. The Hall–Kier alpha value is -4.63. The molecule has 6 heteroatoms. The highest BCUT2D eigenvalue weighted by molar-refractivity contribution is 6.38. The van der Waals surface area contributed by atoms with Crippen molar-refractivity contribution < 1.29 is 14.4 Å². The van der Waals surface area contributed by atoms with Crippen LogP contribution in [0, 0.1) is 12.0 Å². The molecule has 0 bridgehead atoms. The summed E-state index contributed by atoms with van der Waals surface area (Å²) in [5.74, 6) is 0.656. The van der Waals surface area contributed by atoms with Crippen LogP contribution in [0.5, 0.6) is 0 Å². The summed E-state index contributed by atoms with van der Waals surface area (Å²) in [7, 11) is 0. The van der Waals surface area contributed by atoms with Gasteiger partial charge < -0.3 is 11.1 Å². The summed E-state index contributed by atoms with van der Waals surface area (Å²) in [6, 6.07) is 28.0. The molecule has 162 valence electrons. The predicted molar refractivity (Wildman–Crippen MR) is 126 cm³/mol. The molecule has 1 heterocycles. The third kappa shape index (κ3) is 5.00. The lowest BCUT2D eigenvalue weighted by Crippen LogP contribution is -2.47. The highest BCUT2D eigenvalue weighted by Gasteiger charge is 2.27. The second kappa shape index (κ2) is 9.67. The van der Waals surface area contributed by atoms with E-state index in [9.17, 15) is 14.4 Å². The third-order valence-corrected chi connectivity index (χ3v) is 5.20. The number of primary amides is 1. The van der Waals surface area contributed by atoms with Crippen molar-refractivity contribution in [2.75, 3.05) is 0 Å². The molecule has 33 heavy (non-hydrogen) atoms. The van der Waals surface area contributed by atoms with Crippen molar-refractivity contribution in [3.05, 3.63) is 108 Å². The van der Waals surface area contributed by atoms with E-state index in [1.165, 1.54) is 0 Å². The van der Waals surface area contributed by atoms with Gasteiger partial charge in [0.25, 0.3) is 11.8 Å². The quantitative estimate of drug-likeness (QED) is 0.360. The van der Waals surface area contributed by atoms with Crippen LogP contribution in [0.25, 0.3) is 10.9 Å². The minimum atomic E-state index is -1.09. The number of Topliss-reactive ketones (excluding diaryl/α,β-unsaturated/α-hetero) is 1. The summed E-state index contributed by atoms with van der Waals surface area (Å²) in [6.45, 7) is 0. The fourth-order valence-electron chi connectivity index (χ4n) is 3.57. The van der Waals surface area contributed by atoms with Crippen molar-refractivity contribution in [1.82, 2.24) is 9.88 Å². The lowest BCUT2D eigenvalue weighted by Gasteiger charge is -2.16. The second-order valence-corrected chi connectivity index (χ2v) is 7.48. The van der Waals surface area contributed by atoms with Crippen molar-refractivity contribution in [3.8, 4) is 12.0 Å². The van der Waals surface area contributed by atoms with E-state index in [-0.39, 0.29) is 6.42 Å². The number of nitrogens with zero attached hydrogens (tertiary/aromatic N) is 1. The first-order chi connectivity index (χ1) is 16.0. The Morgan fingerprint density at radius 2 is 1.52 bits per heavy atom. The number of amides is 2. The largest absolute Gasteiger partial charge is 0.363 e. The molecule has 0 saturated heterocycles. The molecule has 1 unspecified atom stereocenters. The number of nitrogens with two attached hydrogens (primary N) is 1. The van der Waals surface area contributed by atoms with Gasteiger partial charge in [0.05, 0.1) is 11.1 Å². The van der Waals surface area contributed by atoms with Crippen LogP contribution >= 0.6 is 0 Å². The van der Waals surface area contributed by atoms with Crippen LogP contribution in [-0.2, 0) is 16.0 Å². The predicted octanol–water partition coefficient (Wildman–Crippen LogP) is 2.89. The molecule has 4 rings (SSSR count). The molecule has 0 fully saturated rings. The molecule has 0 aliphatic heterocycles. The summed E-state index contributed by atoms with van der Waals surface area (Å²) in [4.78, 5) is 37.2. The minimum absolute atomic E-state index is 0.154. The molecule has 2 amide bonds. The van der Waals surface area contributed by atoms with Gasteiger partial charge in [-0.25, -0.2) is 0 Å². The summed E-state index contributed by atoms with van der Waals surface area (Å²) in [5, 5.41) is 3.37. The number of carbonyl (C=O) groups excluding carboxylic acids is 3. The van der Waals surface area contributed by atoms with Gasteiger partial charge >= 0.3 is 0 Å². The van der Waals surface area contributed by atoms with Gasteiger partial charge in [-0.15, -0.1) is 0 Å². The van der Waals surface area contributed by atoms with Gasteiger partial charge in [0.2, 0.25) is 5.78 Å².